The molecule has 0 heterocycles. The molecule has 1 aromatic rings. The largest absolute Gasteiger partial charge is 0.385 e. The van der Waals surface area contributed by atoms with Gasteiger partial charge >= 0.3 is 0 Å². The zero-order valence-corrected chi connectivity index (χ0v) is 9.34. The highest BCUT2D eigenvalue weighted by Gasteiger charge is 1.95. The highest BCUT2D eigenvalue weighted by Crippen LogP contribution is 2.12. The molecule has 1 rings (SSSR count). The van der Waals surface area contributed by atoms with E-state index in [1.54, 1.807) is 0 Å². The van der Waals surface area contributed by atoms with Crippen molar-refractivity contribution in [3.63, 3.8) is 0 Å². The molecule has 0 unspecified atom stereocenters. The van der Waals surface area contributed by atoms with Crippen molar-refractivity contribution in [2.45, 2.75) is 20.3 Å². The summed E-state index contributed by atoms with van der Waals surface area (Å²) in [6.45, 7) is 5.23. The molecule has 0 spiro atoms. The number of hydrogen-bond acceptors (Lipinski definition) is 2. The molecule has 0 aliphatic heterocycles. The monoisotopic (exact) mass is 206 g/mol. The Morgan fingerprint density at radius 3 is 2.67 bits per heavy atom. The van der Waals surface area contributed by atoms with Gasteiger partial charge < -0.3 is 10.6 Å². The van der Waals surface area contributed by atoms with Crippen LogP contribution in [-0.2, 0) is 4.79 Å². The Morgan fingerprint density at radius 1 is 1.27 bits per heavy atom. The second-order valence-electron chi connectivity index (χ2n) is 3.58. The van der Waals surface area contributed by atoms with Crippen LogP contribution < -0.4 is 10.6 Å². The summed E-state index contributed by atoms with van der Waals surface area (Å²) in [7, 11) is 0. The maximum atomic E-state index is 10.6. The van der Waals surface area contributed by atoms with Crippen molar-refractivity contribution in [1.82, 2.24) is 5.32 Å². The van der Waals surface area contributed by atoms with Crippen LogP contribution in [0.1, 0.15) is 18.9 Å². The van der Waals surface area contributed by atoms with E-state index >= 15 is 0 Å². The zero-order chi connectivity index (χ0) is 11.1. The molecule has 0 saturated heterocycles. The molecule has 3 heteroatoms. The fourth-order valence-corrected chi connectivity index (χ4v) is 1.35. The van der Waals surface area contributed by atoms with E-state index in [2.05, 4.69) is 29.7 Å². The summed E-state index contributed by atoms with van der Waals surface area (Å²) in [5.74, 6) is 0.0332. The summed E-state index contributed by atoms with van der Waals surface area (Å²) in [5, 5.41) is 6.10. The van der Waals surface area contributed by atoms with Crippen LogP contribution in [0, 0.1) is 6.92 Å². The van der Waals surface area contributed by atoms with Crippen LogP contribution in [0.4, 0.5) is 5.69 Å². The SMILES string of the molecule is CC(=O)NCCCNc1ccccc1C. The predicted octanol–water partition coefficient (Wildman–Crippen LogP) is 1.93. The highest BCUT2D eigenvalue weighted by molar-refractivity contribution is 5.72. The molecule has 0 aromatic heterocycles. The van der Waals surface area contributed by atoms with E-state index in [1.165, 1.54) is 18.2 Å². The van der Waals surface area contributed by atoms with Gasteiger partial charge in [-0.1, -0.05) is 18.2 Å². The number of benzene rings is 1. The van der Waals surface area contributed by atoms with E-state index in [1.807, 2.05) is 12.1 Å². The summed E-state index contributed by atoms with van der Waals surface area (Å²) in [5.41, 5.74) is 2.41. The van der Waals surface area contributed by atoms with E-state index in [0.717, 1.165) is 19.5 Å². The number of anilines is 1. The molecule has 0 fully saturated rings. The van der Waals surface area contributed by atoms with Crippen molar-refractivity contribution < 1.29 is 4.79 Å². The molecule has 15 heavy (non-hydrogen) atoms. The number of nitrogens with one attached hydrogen (secondary N) is 2. The Morgan fingerprint density at radius 2 is 2.00 bits per heavy atom. The molecule has 3 nitrogen and oxygen atoms in total. The van der Waals surface area contributed by atoms with Crippen molar-refractivity contribution in [3.05, 3.63) is 29.8 Å². The van der Waals surface area contributed by atoms with Gasteiger partial charge in [0.2, 0.25) is 5.91 Å². The summed E-state index contributed by atoms with van der Waals surface area (Å²) in [4.78, 5) is 10.6. The van der Waals surface area contributed by atoms with Crippen molar-refractivity contribution in [2.24, 2.45) is 0 Å². The second-order valence-corrected chi connectivity index (χ2v) is 3.58. The first-order valence-electron chi connectivity index (χ1n) is 5.24. The van der Waals surface area contributed by atoms with Crippen molar-refractivity contribution in [2.75, 3.05) is 18.4 Å². The third kappa shape index (κ3) is 4.49. The van der Waals surface area contributed by atoms with Crippen LogP contribution in [0.5, 0.6) is 0 Å². The van der Waals surface area contributed by atoms with Gasteiger partial charge in [-0.25, -0.2) is 0 Å². The summed E-state index contributed by atoms with van der Waals surface area (Å²) >= 11 is 0. The van der Waals surface area contributed by atoms with Crippen LogP contribution >= 0.6 is 0 Å². The van der Waals surface area contributed by atoms with Gasteiger partial charge in [-0.15, -0.1) is 0 Å². The minimum absolute atomic E-state index is 0.0332. The number of carbonyl (C=O) groups is 1. The smallest absolute Gasteiger partial charge is 0.216 e. The van der Waals surface area contributed by atoms with Crippen molar-refractivity contribution in [3.8, 4) is 0 Å². The minimum Gasteiger partial charge on any atom is -0.385 e. The van der Waals surface area contributed by atoms with Crippen LogP contribution in [0.25, 0.3) is 0 Å². The molecule has 0 aliphatic carbocycles. The Bertz CT molecular complexity index is 323. The number of aryl methyl sites for hydroxylation is 1. The molecule has 1 amide bonds. The topological polar surface area (TPSA) is 41.1 Å². The van der Waals surface area contributed by atoms with E-state index in [0.29, 0.717) is 0 Å². The van der Waals surface area contributed by atoms with Gasteiger partial charge in [0.15, 0.2) is 0 Å². The molecule has 0 radical (unpaired) electrons. The lowest BCUT2D eigenvalue weighted by Gasteiger charge is -2.08. The lowest BCUT2D eigenvalue weighted by molar-refractivity contribution is -0.118. The molecule has 1 aromatic carbocycles. The minimum atomic E-state index is 0.0332. The third-order valence-electron chi connectivity index (χ3n) is 2.19. The van der Waals surface area contributed by atoms with Gasteiger partial charge in [0, 0.05) is 25.7 Å². The standard InChI is InChI=1S/C12H18N2O/c1-10-6-3-4-7-12(10)14-9-5-8-13-11(2)15/h3-4,6-7,14H,5,8-9H2,1-2H3,(H,13,15). The Balaban J connectivity index is 2.21. The van der Waals surface area contributed by atoms with Gasteiger partial charge in [-0.05, 0) is 25.0 Å². The second kappa shape index (κ2) is 6.06. The fraction of sp³-hybridized carbons (Fsp3) is 0.417. The zero-order valence-electron chi connectivity index (χ0n) is 9.34. The quantitative estimate of drug-likeness (QED) is 0.723. The lowest BCUT2D eigenvalue weighted by atomic mass is 10.2. The average molecular weight is 206 g/mol. The summed E-state index contributed by atoms with van der Waals surface area (Å²) in [6, 6.07) is 8.19. The normalized spacial score (nSPS) is 9.73. The van der Waals surface area contributed by atoms with E-state index < -0.39 is 0 Å². The third-order valence-corrected chi connectivity index (χ3v) is 2.19. The number of carbonyl (C=O) groups excluding carboxylic acids is 1. The predicted molar refractivity (Wildman–Crippen MR) is 63.0 cm³/mol. The molecule has 0 bridgehead atoms. The van der Waals surface area contributed by atoms with Crippen LogP contribution in [-0.4, -0.2) is 19.0 Å². The van der Waals surface area contributed by atoms with Gasteiger partial charge in [0.1, 0.15) is 0 Å². The number of hydrogen-bond donors (Lipinski definition) is 2. The van der Waals surface area contributed by atoms with E-state index in [4.69, 9.17) is 0 Å². The molecule has 0 aliphatic rings. The number of amides is 1. The van der Waals surface area contributed by atoms with Crippen LogP contribution in [0.2, 0.25) is 0 Å². The van der Waals surface area contributed by atoms with Crippen molar-refractivity contribution in [1.29, 1.82) is 0 Å². The first-order valence-corrected chi connectivity index (χ1v) is 5.24. The average Bonchev–Trinajstić information content (AvgIpc) is 2.20. The Hall–Kier alpha value is -1.51. The Labute approximate surface area is 90.9 Å². The van der Waals surface area contributed by atoms with E-state index in [-0.39, 0.29) is 5.91 Å². The fourth-order valence-electron chi connectivity index (χ4n) is 1.35. The van der Waals surface area contributed by atoms with Gasteiger partial charge in [-0.2, -0.15) is 0 Å². The van der Waals surface area contributed by atoms with Gasteiger partial charge in [-0.3, -0.25) is 4.79 Å². The summed E-state index contributed by atoms with van der Waals surface area (Å²) < 4.78 is 0. The van der Waals surface area contributed by atoms with Crippen LogP contribution in [0.15, 0.2) is 24.3 Å². The first kappa shape index (κ1) is 11.6. The molecule has 0 atom stereocenters. The van der Waals surface area contributed by atoms with Gasteiger partial charge in [0.05, 0.1) is 0 Å². The molecular weight excluding hydrogens is 188 g/mol. The Kier molecular flexibility index (Phi) is 4.68. The van der Waals surface area contributed by atoms with E-state index in [9.17, 15) is 4.79 Å². The molecule has 82 valence electrons. The van der Waals surface area contributed by atoms with Crippen LogP contribution in [0.3, 0.4) is 0 Å². The van der Waals surface area contributed by atoms with Gasteiger partial charge in [0.25, 0.3) is 0 Å². The molecule has 2 N–H and O–H groups in total. The molecule has 0 saturated carbocycles. The number of para-hydroxylation sites is 1. The maximum absolute atomic E-state index is 10.6. The first-order chi connectivity index (χ1) is 7.20. The summed E-state index contributed by atoms with van der Waals surface area (Å²) in [6.07, 6.45) is 0.938. The maximum Gasteiger partial charge on any atom is 0.216 e. The molecular formula is C12H18N2O. The highest BCUT2D eigenvalue weighted by atomic mass is 16.1. The number of rotatable bonds is 5. The van der Waals surface area contributed by atoms with Crippen molar-refractivity contribution >= 4 is 11.6 Å². The lowest BCUT2D eigenvalue weighted by Crippen LogP contribution is -2.22.